The van der Waals surface area contributed by atoms with Crippen molar-refractivity contribution in [3.05, 3.63) is 71.1 Å². The number of aliphatic hydroxyl groups excluding tert-OH is 2. The van der Waals surface area contributed by atoms with Gasteiger partial charge in [0, 0.05) is 6.54 Å². The molecule has 8 heteroatoms. The van der Waals surface area contributed by atoms with Crippen LogP contribution in [0.15, 0.2) is 59.9 Å². The van der Waals surface area contributed by atoms with Gasteiger partial charge in [-0.2, -0.15) is 0 Å². The van der Waals surface area contributed by atoms with Crippen molar-refractivity contribution in [2.24, 2.45) is 0 Å². The van der Waals surface area contributed by atoms with E-state index in [1.807, 2.05) is 37.3 Å². The second-order valence-electron chi connectivity index (χ2n) is 6.88. The molecule has 2 atom stereocenters. The molecular weight excluding hydrogens is 386 g/mol. The highest BCUT2D eigenvalue weighted by Crippen LogP contribution is 2.33. The maximum Gasteiger partial charge on any atom is 0.255 e. The molecule has 0 aliphatic heterocycles. The Morgan fingerprint density at radius 3 is 2.53 bits per heavy atom. The Morgan fingerprint density at radius 1 is 1.13 bits per heavy atom. The van der Waals surface area contributed by atoms with Crippen LogP contribution in [0.1, 0.15) is 35.3 Å². The number of para-hydroxylation sites is 1. The molecule has 8 nitrogen and oxygen atoms in total. The van der Waals surface area contributed by atoms with Gasteiger partial charge in [0.05, 0.1) is 29.6 Å². The lowest BCUT2D eigenvalue weighted by Crippen LogP contribution is -2.46. The fourth-order valence-electron chi connectivity index (χ4n) is 3.26. The molecule has 0 radical (unpaired) electrons. The molecule has 1 amide bonds. The minimum Gasteiger partial charge on any atom is -0.505 e. The van der Waals surface area contributed by atoms with Crippen LogP contribution in [0.4, 0.5) is 5.69 Å². The summed E-state index contributed by atoms with van der Waals surface area (Å²) in [5.74, 6) is -1.38. The Bertz CT molecular complexity index is 959. The molecule has 1 aliphatic carbocycles. The summed E-state index contributed by atoms with van der Waals surface area (Å²) >= 11 is 0. The van der Waals surface area contributed by atoms with Crippen molar-refractivity contribution in [2.75, 3.05) is 18.5 Å². The van der Waals surface area contributed by atoms with Gasteiger partial charge >= 0.3 is 0 Å². The first-order valence-corrected chi connectivity index (χ1v) is 9.73. The van der Waals surface area contributed by atoms with Crippen LogP contribution in [-0.4, -0.2) is 46.3 Å². The third-order valence-corrected chi connectivity index (χ3v) is 4.92. The molecule has 0 saturated heterocycles. The van der Waals surface area contributed by atoms with Gasteiger partial charge in [0.2, 0.25) is 5.78 Å². The third-order valence-electron chi connectivity index (χ3n) is 4.92. The predicted octanol–water partition coefficient (Wildman–Crippen LogP) is 1.42. The molecule has 2 aromatic rings. The molecule has 158 valence electrons. The average Bonchev–Trinajstić information content (AvgIpc) is 2.78. The van der Waals surface area contributed by atoms with Crippen molar-refractivity contribution in [3.8, 4) is 5.75 Å². The molecule has 0 saturated carbocycles. The van der Waals surface area contributed by atoms with Gasteiger partial charge < -0.3 is 31.3 Å². The standard InChI is InChI=1S/C22H25N3O5/c1-2-15(13-7-4-3-5-8-13)24-17-18(21(29)20(17)28)25-16-10-6-9-14(19(16)27)22(30)23-11-12-26/h3-10,15,20,24-28H,2,11-12H2,1H3,(H,23,30)/t15-,20?/m1/s1. The molecule has 0 fully saturated rings. The van der Waals surface area contributed by atoms with Crippen molar-refractivity contribution in [1.82, 2.24) is 10.6 Å². The van der Waals surface area contributed by atoms with Gasteiger partial charge in [-0.05, 0) is 24.1 Å². The highest BCUT2D eigenvalue weighted by atomic mass is 16.3. The number of hydrogen-bond acceptors (Lipinski definition) is 7. The van der Waals surface area contributed by atoms with Crippen molar-refractivity contribution in [2.45, 2.75) is 25.5 Å². The number of aliphatic hydroxyl groups is 2. The zero-order chi connectivity index (χ0) is 21.7. The van der Waals surface area contributed by atoms with E-state index in [-0.39, 0.29) is 41.9 Å². The SMILES string of the molecule is CC[C@@H](NC1=C(Nc2cccc(C(=O)NCCO)c2O)C(=O)C1O)c1ccccc1. The van der Waals surface area contributed by atoms with Gasteiger partial charge in [0.15, 0.2) is 11.9 Å². The summed E-state index contributed by atoms with van der Waals surface area (Å²) in [6.45, 7) is 1.82. The molecule has 6 N–H and O–H groups in total. The predicted molar refractivity (Wildman–Crippen MR) is 112 cm³/mol. The zero-order valence-electron chi connectivity index (χ0n) is 16.6. The van der Waals surface area contributed by atoms with Crippen LogP contribution in [0, 0.1) is 0 Å². The Labute approximate surface area is 174 Å². The first-order chi connectivity index (χ1) is 14.5. The number of amides is 1. The molecule has 0 bridgehead atoms. The molecule has 2 aromatic carbocycles. The number of rotatable bonds is 9. The van der Waals surface area contributed by atoms with E-state index in [0.29, 0.717) is 5.70 Å². The summed E-state index contributed by atoms with van der Waals surface area (Å²) in [6, 6.07) is 14.1. The summed E-state index contributed by atoms with van der Waals surface area (Å²) < 4.78 is 0. The number of hydrogen-bond donors (Lipinski definition) is 6. The Balaban J connectivity index is 1.84. The summed E-state index contributed by atoms with van der Waals surface area (Å²) in [4.78, 5) is 24.4. The highest BCUT2D eigenvalue weighted by Gasteiger charge is 2.39. The van der Waals surface area contributed by atoms with Crippen LogP contribution in [0.5, 0.6) is 5.75 Å². The van der Waals surface area contributed by atoms with Crippen LogP contribution >= 0.6 is 0 Å². The van der Waals surface area contributed by atoms with Crippen LogP contribution in [0.2, 0.25) is 0 Å². The van der Waals surface area contributed by atoms with E-state index in [9.17, 15) is 19.8 Å². The van der Waals surface area contributed by atoms with E-state index >= 15 is 0 Å². The van der Waals surface area contributed by atoms with Crippen LogP contribution in [-0.2, 0) is 4.79 Å². The first kappa shape index (κ1) is 21.4. The van der Waals surface area contributed by atoms with E-state index in [1.165, 1.54) is 12.1 Å². The fraction of sp³-hybridized carbons (Fsp3) is 0.273. The molecule has 1 aliphatic rings. The summed E-state index contributed by atoms with van der Waals surface area (Å²) in [5, 5.41) is 38.0. The molecule has 0 heterocycles. The summed E-state index contributed by atoms with van der Waals surface area (Å²) in [6.07, 6.45) is -0.545. The summed E-state index contributed by atoms with van der Waals surface area (Å²) in [7, 11) is 0. The monoisotopic (exact) mass is 411 g/mol. The quantitative estimate of drug-likeness (QED) is 0.344. The number of nitrogens with one attached hydrogen (secondary N) is 3. The number of ketones is 1. The fourth-order valence-corrected chi connectivity index (χ4v) is 3.26. The van der Waals surface area contributed by atoms with Gasteiger partial charge in [0.1, 0.15) is 5.70 Å². The Kier molecular flexibility index (Phi) is 6.71. The van der Waals surface area contributed by atoms with Gasteiger partial charge in [0.25, 0.3) is 5.91 Å². The minimum absolute atomic E-state index is 0.00611. The average molecular weight is 411 g/mol. The van der Waals surface area contributed by atoms with Crippen molar-refractivity contribution in [3.63, 3.8) is 0 Å². The maximum absolute atomic E-state index is 12.3. The molecule has 3 rings (SSSR count). The van der Waals surface area contributed by atoms with Gasteiger partial charge in [-0.15, -0.1) is 0 Å². The summed E-state index contributed by atoms with van der Waals surface area (Å²) in [5.41, 5.74) is 1.66. The zero-order valence-corrected chi connectivity index (χ0v) is 16.6. The lowest BCUT2D eigenvalue weighted by Gasteiger charge is -2.33. The first-order valence-electron chi connectivity index (χ1n) is 9.73. The second-order valence-corrected chi connectivity index (χ2v) is 6.88. The van der Waals surface area contributed by atoms with Gasteiger partial charge in [-0.25, -0.2) is 0 Å². The number of carbonyl (C=O) groups excluding carboxylic acids is 2. The van der Waals surface area contributed by atoms with Gasteiger partial charge in [-0.3, -0.25) is 9.59 Å². The molecule has 30 heavy (non-hydrogen) atoms. The minimum atomic E-state index is -1.27. The molecule has 1 unspecified atom stereocenters. The van der Waals surface area contributed by atoms with Crippen LogP contribution in [0.25, 0.3) is 0 Å². The molecule has 0 spiro atoms. The number of phenolic OH excluding ortho intramolecular Hbond substituents is 1. The van der Waals surface area contributed by atoms with E-state index in [2.05, 4.69) is 16.0 Å². The number of phenols is 1. The normalized spacial score (nSPS) is 16.6. The topological polar surface area (TPSA) is 131 Å². The lowest BCUT2D eigenvalue weighted by molar-refractivity contribution is -0.124. The Morgan fingerprint density at radius 2 is 1.87 bits per heavy atom. The Hall–Kier alpha value is -3.36. The maximum atomic E-state index is 12.3. The van der Waals surface area contributed by atoms with Gasteiger partial charge in [-0.1, -0.05) is 43.3 Å². The lowest BCUT2D eigenvalue weighted by atomic mass is 9.92. The number of anilines is 1. The largest absolute Gasteiger partial charge is 0.505 e. The van der Waals surface area contributed by atoms with Crippen LogP contribution < -0.4 is 16.0 Å². The second kappa shape index (κ2) is 9.43. The van der Waals surface area contributed by atoms with E-state index in [0.717, 1.165) is 12.0 Å². The van der Waals surface area contributed by atoms with Crippen LogP contribution in [0.3, 0.4) is 0 Å². The van der Waals surface area contributed by atoms with Crippen molar-refractivity contribution in [1.29, 1.82) is 0 Å². The highest BCUT2D eigenvalue weighted by molar-refractivity contribution is 6.11. The van der Waals surface area contributed by atoms with Crippen molar-refractivity contribution >= 4 is 17.4 Å². The number of aromatic hydroxyl groups is 1. The number of benzene rings is 2. The number of Topliss-reactive ketones (excluding diaryl/α,β-unsaturated/α-hetero) is 1. The van der Waals surface area contributed by atoms with E-state index in [1.54, 1.807) is 6.07 Å². The smallest absolute Gasteiger partial charge is 0.255 e. The van der Waals surface area contributed by atoms with E-state index < -0.39 is 17.8 Å². The van der Waals surface area contributed by atoms with E-state index in [4.69, 9.17) is 5.11 Å². The van der Waals surface area contributed by atoms with Crippen molar-refractivity contribution < 1.29 is 24.9 Å². The third kappa shape index (κ3) is 4.29. The number of carbonyl (C=O) groups is 2. The molecular formula is C22H25N3O5. The molecule has 0 aromatic heterocycles.